The fourth-order valence-corrected chi connectivity index (χ4v) is 2.59. The van der Waals surface area contributed by atoms with Crippen molar-refractivity contribution in [3.8, 4) is 0 Å². The number of halogens is 3. The molecule has 21 heavy (non-hydrogen) atoms. The quantitative estimate of drug-likeness (QED) is 0.803. The summed E-state index contributed by atoms with van der Waals surface area (Å²) in [5, 5.41) is 0.213. The van der Waals surface area contributed by atoms with E-state index in [-0.39, 0.29) is 21.8 Å². The van der Waals surface area contributed by atoms with E-state index in [2.05, 4.69) is 4.74 Å². The Labute approximate surface area is 126 Å². The minimum absolute atomic E-state index is 0.209. The molecule has 1 aromatic carbocycles. The lowest BCUT2D eigenvalue weighted by molar-refractivity contribution is 0.0150. The van der Waals surface area contributed by atoms with Gasteiger partial charge in [0.15, 0.2) is 0 Å². The molecule has 0 bridgehead atoms. The van der Waals surface area contributed by atoms with Crippen LogP contribution in [-0.4, -0.2) is 39.4 Å². The number of rotatable bonds is 3. The zero-order valence-corrected chi connectivity index (χ0v) is 12.5. The zero-order valence-electron chi connectivity index (χ0n) is 11.8. The highest BCUT2D eigenvalue weighted by atomic mass is 35.5. The zero-order chi connectivity index (χ0) is 15.6. The summed E-state index contributed by atoms with van der Waals surface area (Å²) < 4.78 is 37.9. The fourth-order valence-electron chi connectivity index (χ4n) is 2.38. The van der Waals surface area contributed by atoms with Gasteiger partial charge in [0, 0.05) is 30.7 Å². The lowest BCUT2D eigenvalue weighted by Gasteiger charge is -2.32. The molecule has 1 aliphatic rings. The molecule has 1 aliphatic heterocycles. The third-order valence-electron chi connectivity index (χ3n) is 3.28. The summed E-state index contributed by atoms with van der Waals surface area (Å²) in [4.78, 5) is 13.6. The molecule has 0 N–H and O–H groups in total. The molecule has 116 valence electrons. The highest BCUT2D eigenvalue weighted by Crippen LogP contribution is 2.40. The Morgan fingerprint density at radius 1 is 1.38 bits per heavy atom. The second-order valence-corrected chi connectivity index (χ2v) is 5.26. The molecule has 0 atom stereocenters. The SMILES string of the molecule is COC(=O)c1cc(Cl)cc(N2CCOCC2)c1C(C)(F)F. The van der Waals surface area contributed by atoms with Crippen LogP contribution in [0.2, 0.25) is 5.02 Å². The smallest absolute Gasteiger partial charge is 0.338 e. The number of nitrogens with zero attached hydrogens (tertiary/aromatic N) is 1. The van der Waals surface area contributed by atoms with Crippen molar-refractivity contribution in [3.63, 3.8) is 0 Å². The van der Waals surface area contributed by atoms with E-state index in [9.17, 15) is 13.6 Å². The first-order valence-electron chi connectivity index (χ1n) is 6.47. The summed E-state index contributed by atoms with van der Waals surface area (Å²) in [6.45, 7) is 2.56. The van der Waals surface area contributed by atoms with E-state index in [1.807, 2.05) is 0 Å². The maximum absolute atomic E-state index is 14.1. The second kappa shape index (κ2) is 6.15. The van der Waals surface area contributed by atoms with E-state index in [0.29, 0.717) is 26.3 Å². The number of carbonyl (C=O) groups excluding carboxylic acids is 1. The molecule has 7 heteroatoms. The fraction of sp³-hybridized carbons (Fsp3) is 0.500. The highest BCUT2D eigenvalue weighted by molar-refractivity contribution is 6.31. The molecule has 1 saturated heterocycles. The summed E-state index contributed by atoms with van der Waals surface area (Å²) in [6, 6.07) is 2.66. The van der Waals surface area contributed by atoms with E-state index in [4.69, 9.17) is 16.3 Å². The molecule has 1 heterocycles. The van der Waals surface area contributed by atoms with Crippen molar-refractivity contribution in [1.82, 2.24) is 0 Å². The van der Waals surface area contributed by atoms with Gasteiger partial charge in [-0.2, -0.15) is 0 Å². The van der Waals surface area contributed by atoms with Crippen molar-refractivity contribution in [3.05, 3.63) is 28.3 Å². The van der Waals surface area contributed by atoms with Crippen LogP contribution in [0.15, 0.2) is 12.1 Å². The first-order chi connectivity index (χ1) is 9.84. The Hall–Kier alpha value is -1.40. The van der Waals surface area contributed by atoms with Gasteiger partial charge in [0.1, 0.15) is 0 Å². The van der Waals surface area contributed by atoms with Crippen LogP contribution in [0.1, 0.15) is 22.8 Å². The molecule has 0 spiro atoms. The normalized spacial score (nSPS) is 16.0. The van der Waals surface area contributed by atoms with Gasteiger partial charge < -0.3 is 14.4 Å². The van der Waals surface area contributed by atoms with E-state index >= 15 is 0 Å². The van der Waals surface area contributed by atoms with Crippen LogP contribution in [0.4, 0.5) is 14.5 Å². The third kappa shape index (κ3) is 3.44. The van der Waals surface area contributed by atoms with Crippen molar-refractivity contribution in [2.75, 3.05) is 38.3 Å². The number of hydrogen-bond donors (Lipinski definition) is 0. The van der Waals surface area contributed by atoms with E-state index in [1.54, 1.807) is 4.90 Å². The van der Waals surface area contributed by atoms with Gasteiger partial charge in [-0.25, -0.2) is 13.6 Å². The highest BCUT2D eigenvalue weighted by Gasteiger charge is 2.36. The minimum atomic E-state index is -3.19. The molecule has 2 rings (SSSR count). The first-order valence-corrected chi connectivity index (χ1v) is 6.85. The Morgan fingerprint density at radius 2 is 2.00 bits per heavy atom. The number of carbonyl (C=O) groups is 1. The van der Waals surface area contributed by atoms with Crippen LogP contribution in [0.3, 0.4) is 0 Å². The van der Waals surface area contributed by atoms with Crippen LogP contribution in [0, 0.1) is 0 Å². The largest absolute Gasteiger partial charge is 0.465 e. The molecular weight excluding hydrogens is 304 g/mol. The maximum atomic E-state index is 14.1. The number of anilines is 1. The molecule has 0 amide bonds. The molecule has 0 unspecified atom stereocenters. The third-order valence-corrected chi connectivity index (χ3v) is 3.50. The minimum Gasteiger partial charge on any atom is -0.465 e. The number of alkyl halides is 2. The lowest BCUT2D eigenvalue weighted by Crippen LogP contribution is -2.38. The van der Waals surface area contributed by atoms with E-state index in [1.165, 1.54) is 12.1 Å². The molecule has 1 aromatic rings. The molecule has 0 aromatic heterocycles. The first kappa shape index (κ1) is 16.0. The molecule has 0 radical (unpaired) electrons. The van der Waals surface area contributed by atoms with Crippen molar-refractivity contribution in [1.29, 1.82) is 0 Å². The molecule has 4 nitrogen and oxygen atoms in total. The van der Waals surface area contributed by atoms with Gasteiger partial charge in [-0.1, -0.05) is 11.6 Å². The van der Waals surface area contributed by atoms with Crippen LogP contribution in [-0.2, 0) is 15.4 Å². The van der Waals surface area contributed by atoms with Crippen LogP contribution in [0.25, 0.3) is 0 Å². The molecule has 1 fully saturated rings. The topological polar surface area (TPSA) is 38.8 Å². The lowest BCUT2D eigenvalue weighted by atomic mass is 9.99. The van der Waals surface area contributed by atoms with Crippen molar-refractivity contribution < 1.29 is 23.0 Å². The van der Waals surface area contributed by atoms with Crippen LogP contribution < -0.4 is 4.90 Å². The van der Waals surface area contributed by atoms with Crippen molar-refractivity contribution in [2.24, 2.45) is 0 Å². The predicted octanol–water partition coefficient (Wildman–Crippen LogP) is 3.07. The van der Waals surface area contributed by atoms with Crippen molar-refractivity contribution in [2.45, 2.75) is 12.8 Å². The van der Waals surface area contributed by atoms with Gasteiger partial charge in [-0.3, -0.25) is 0 Å². The monoisotopic (exact) mass is 319 g/mol. The van der Waals surface area contributed by atoms with E-state index in [0.717, 1.165) is 14.0 Å². The predicted molar refractivity (Wildman–Crippen MR) is 75.4 cm³/mol. The Bertz CT molecular complexity index is 540. The van der Waals surface area contributed by atoms with Gasteiger partial charge >= 0.3 is 5.97 Å². The number of methoxy groups -OCH3 is 1. The number of ether oxygens (including phenoxy) is 2. The summed E-state index contributed by atoms with van der Waals surface area (Å²) in [7, 11) is 1.15. The Kier molecular flexibility index (Phi) is 4.68. The summed E-state index contributed by atoms with van der Waals surface area (Å²) >= 11 is 5.98. The van der Waals surface area contributed by atoms with Gasteiger partial charge in [0.2, 0.25) is 0 Å². The van der Waals surface area contributed by atoms with Gasteiger partial charge in [0.25, 0.3) is 5.92 Å². The average molecular weight is 320 g/mol. The summed E-state index contributed by atoms with van der Waals surface area (Å²) in [5.74, 6) is -4.02. The number of morpholine rings is 1. The van der Waals surface area contributed by atoms with Crippen LogP contribution in [0.5, 0.6) is 0 Å². The van der Waals surface area contributed by atoms with E-state index < -0.39 is 11.9 Å². The van der Waals surface area contributed by atoms with Gasteiger partial charge in [-0.05, 0) is 12.1 Å². The number of esters is 1. The number of hydrogen-bond acceptors (Lipinski definition) is 4. The molecule has 0 aliphatic carbocycles. The molecular formula is C14H16ClF2NO3. The summed E-state index contributed by atoms with van der Waals surface area (Å²) in [6.07, 6.45) is 0. The van der Waals surface area contributed by atoms with Crippen molar-refractivity contribution >= 4 is 23.3 Å². The Balaban J connectivity index is 2.61. The van der Waals surface area contributed by atoms with Gasteiger partial charge in [-0.15, -0.1) is 0 Å². The Morgan fingerprint density at radius 3 is 2.52 bits per heavy atom. The standard InChI is InChI=1S/C14H16ClF2NO3/c1-14(16,17)12-10(13(19)20-2)7-9(15)8-11(12)18-3-5-21-6-4-18/h7-8H,3-6H2,1-2H3. The van der Waals surface area contributed by atoms with Crippen LogP contribution >= 0.6 is 11.6 Å². The average Bonchev–Trinajstić information content (AvgIpc) is 2.45. The summed E-state index contributed by atoms with van der Waals surface area (Å²) in [5.41, 5.74) is -0.321. The second-order valence-electron chi connectivity index (χ2n) is 4.83. The van der Waals surface area contributed by atoms with Gasteiger partial charge in [0.05, 0.1) is 31.5 Å². The molecule has 0 saturated carbocycles. The maximum Gasteiger partial charge on any atom is 0.338 e. The number of benzene rings is 1.